The monoisotopic (exact) mass is 300 g/mol. The van der Waals surface area contributed by atoms with E-state index in [2.05, 4.69) is 14.8 Å². The Hall–Kier alpha value is -1.60. The summed E-state index contributed by atoms with van der Waals surface area (Å²) in [5.74, 6) is 0.144. The molecule has 6 nitrogen and oxygen atoms in total. The molecule has 1 aromatic carbocycles. The number of hydrogen-bond acceptors (Lipinski definition) is 4. The van der Waals surface area contributed by atoms with Crippen LogP contribution < -0.4 is 10.0 Å². The van der Waals surface area contributed by atoms with Gasteiger partial charge in [-0.3, -0.25) is 5.32 Å². The first kappa shape index (κ1) is 16.5. The van der Waals surface area contributed by atoms with Crippen molar-refractivity contribution in [3.63, 3.8) is 0 Å². The second-order valence-corrected chi connectivity index (χ2v) is 6.23. The molecule has 0 spiro atoms. The van der Waals surface area contributed by atoms with Crippen molar-refractivity contribution in [1.29, 1.82) is 0 Å². The van der Waals surface area contributed by atoms with E-state index in [0.29, 0.717) is 12.1 Å². The lowest BCUT2D eigenvalue weighted by atomic mass is 10.2. The average Bonchev–Trinajstić information content (AvgIpc) is 2.44. The highest BCUT2D eigenvalue weighted by atomic mass is 32.2. The highest BCUT2D eigenvalue weighted by Gasteiger charge is 2.08. The van der Waals surface area contributed by atoms with Crippen LogP contribution in [0.3, 0.4) is 0 Å². The predicted molar refractivity (Wildman–Crippen MR) is 78.0 cm³/mol. The van der Waals surface area contributed by atoms with E-state index in [4.69, 9.17) is 0 Å². The van der Waals surface area contributed by atoms with Gasteiger partial charge in [0.25, 0.3) is 0 Å². The van der Waals surface area contributed by atoms with Crippen molar-refractivity contribution >= 4 is 21.8 Å². The Bertz CT molecular complexity index is 526. The third-order valence-electron chi connectivity index (χ3n) is 2.65. The standard InChI is InChI=1S/C13H20N2O4S/c1-3-4-9-20(17,18)14-10-11-5-7-12(8-6-11)15-13(16)19-2/h5-8,14H,3-4,9-10H2,1-2H3,(H,15,16). The van der Waals surface area contributed by atoms with Crippen molar-refractivity contribution in [2.45, 2.75) is 26.3 Å². The Morgan fingerprint density at radius 2 is 1.90 bits per heavy atom. The number of anilines is 1. The number of methoxy groups -OCH3 is 1. The third-order valence-corrected chi connectivity index (χ3v) is 4.06. The van der Waals surface area contributed by atoms with Gasteiger partial charge in [0.15, 0.2) is 0 Å². The Morgan fingerprint density at radius 1 is 1.25 bits per heavy atom. The van der Waals surface area contributed by atoms with Crippen molar-refractivity contribution < 1.29 is 17.9 Å². The van der Waals surface area contributed by atoms with Gasteiger partial charge in [0.05, 0.1) is 12.9 Å². The fourth-order valence-corrected chi connectivity index (χ4v) is 2.67. The first-order chi connectivity index (χ1) is 9.46. The number of rotatable bonds is 7. The number of hydrogen-bond donors (Lipinski definition) is 2. The average molecular weight is 300 g/mol. The highest BCUT2D eigenvalue weighted by Crippen LogP contribution is 2.10. The molecule has 1 amide bonds. The van der Waals surface area contributed by atoms with Crippen molar-refractivity contribution in [3.05, 3.63) is 29.8 Å². The van der Waals surface area contributed by atoms with Gasteiger partial charge in [-0.05, 0) is 24.1 Å². The second-order valence-electron chi connectivity index (χ2n) is 4.31. The molecule has 0 atom stereocenters. The molecule has 0 aliphatic heterocycles. The van der Waals surface area contributed by atoms with Gasteiger partial charge in [0.2, 0.25) is 10.0 Å². The van der Waals surface area contributed by atoms with Crippen molar-refractivity contribution in [2.24, 2.45) is 0 Å². The maximum Gasteiger partial charge on any atom is 0.411 e. The predicted octanol–water partition coefficient (Wildman–Crippen LogP) is 2.08. The zero-order valence-corrected chi connectivity index (χ0v) is 12.5. The lowest BCUT2D eigenvalue weighted by Gasteiger charge is -2.07. The van der Waals surface area contributed by atoms with Crippen LogP contribution in [0, 0.1) is 0 Å². The minimum Gasteiger partial charge on any atom is -0.453 e. The summed E-state index contributed by atoms with van der Waals surface area (Å²) in [6.45, 7) is 2.19. The fraction of sp³-hybridized carbons (Fsp3) is 0.462. The molecule has 0 saturated heterocycles. The fourth-order valence-electron chi connectivity index (χ4n) is 1.47. The molecule has 0 bridgehead atoms. The van der Waals surface area contributed by atoms with E-state index in [1.807, 2.05) is 6.92 Å². The summed E-state index contributed by atoms with van der Waals surface area (Å²) in [5.41, 5.74) is 1.41. The SMILES string of the molecule is CCCCS(=O)(=O)NCc1ccc(NC(=O)OC)cc1. The summed E-state index contributed by atoms with van der Waals surface area (Å²) in [7, 11) is -1.93. The van der Waals surface area contributed by atoms with Gasteiger partial charge in [0, 0.05) is 12.2 Å². The molecule has 0 radical (unpaired) electrons. The minimum absolute atomic E-state index is 0.144. The van der Waals surface area contributed by atoms with Gasteiger partial charge in [-0.25, -0.2) is 17.9 Å². The number of unbranched alkanes of at least 4 members (excludes halogenated alkanes) is 1. The molecule has 1 rings (SSSR count). The molecule has 2 N–H and O–H groups in total. The molecule has 7 heteroatoms. The molecule has 0 saturated carbocycles. The summed E-state index contributed by atoms with van der Waals surface area (Å²) >= 11 is 0. The van der Waals surface area contributed by atoms with E-state index in [1.165, 1.54) is 7.11 Å². The molecular weight excluding hydrogens is 280 g/mol. The third kappa shape index (κ3) is 6.03. The lowest BCUT2D eigenvalue weighted by molar-refractivity contribution is 0.187. The molecular formula is C13H20N2O4S. The molecule has 0 heterocycles. The van der Waals surface area contributed by atoms with E-state index in [9.17, 15) is 13.2 Å². The zero-order valence-electron chi connectivity index (χ0n) is 11.7. The molecule has 112 valence electrons. The van der Waals surface area contributed by atoms with Crippen LogP contribution in [-0.4, -0.2) is 27.4 Å². The first-order valence-electron chi connectivity index (χ1n) is 6.38. The van der Waals surface area contributed by atoms with E-state index in [0.717, 1.165) is 12.0 Å². The van der Waals surface area contributed by atoms with Crippen LogP contribution in [0.25, 0.3) is 0 Å². The number of carbonyl (C=O) groups excluding carboxylic acids is 1. The maximum atomic E-state index is 11.6. The highest BCUT2D eigenvalue weighted by molar-refractivity contribution is 7.89. The molecule has 0 fully saturated rings. The Balaban J connectivity index is 2.51. The molecule has 0 aliphatic rings. The molecule has 0 aromatic heterocycles. The van der Waals surface area contributed by atoms with E-state index >= 15 is 0 Å². The number of sulfonamides is 1. The lowest BCUT2D eigenvalue weighted by Crippen LogP contribution is -2.25. The first-order valence-corrected chi connectivity index (χ1v) is 8.03. The van der Waals surface area contributed by atoms with Crippen molar-refractivity contribution in [1.82, 2.24) is 4.72 Å². The normalized spacial score (nSPS) is 11.1. The van der Waals surface area contributed by atoms with Crippen LogP contribution >= 0.6 is 0 Å². The maximum absolute atomic E-state index is 11.6. The number of nitrogens with one attached hydrogen (secondary N) is 2. The van der Waals surface area contributed by atoms with Gasteiger partial charge in [-0.2, -0.15) is 0 Å². The van der Waals surface area contributed by atoms with Crippen LogP contribution in [0.5, 0.6) is 0 Å². The zero-order chi connectivity index (χ0) is 15.0. The summed E-state index contributed by atoms with van der Waals surface area (Å²) in [6.07, 6.45) is 0.949. The van der Waals surface area contributed by atoms with Gasteiger partial charge >= 0.3 is 6.09 Å². The Labute approximate surface area is 119 Å². The Morgan fingerprint density at radius 3 is 2.45 bits per heavy atom. The molecule has 1 aromatic rings. The second kappa shape index (κ2) is 7.86. The summed E-state index contributed by atoms with van der Waals surface area (Å²) < 4.78 is 30.3. The summed E-state index contributed by atoms with van der Waals surface area (Å²) in [6, 6.07) is 6.86. The van der Waals surface area contributed by atoms with E-state index in [-0.39, 0.29) is 12.3 Å². The molecule has 0 unspecified atom stereocenters. The van der Waals surface area contributed by atoms with Crippen molar-refractivity contribution in [2.75, 3.05) is 18.2 Å². The Kier molecular flexibility index (Phi) is 6.47. The number of amides is 1. The van der Waals surface area contributed by atoms with Gasteiger partial charge in [0.1, 0.15) is 0 Å². The molecule has 20 heavy (non-hydrogen) atoms. The summed E-state index contributed by atoms with van der Waals surface area (Å²) in [4.78, 5) is 11.0. The van der Waals surface area contributed by atoms with Gasteiger partial charge in [-0.15, -0.1) is 0 Å². The largest absolute Gasteiger partial charge is 0.453 e. The smallest absolute Gasteiger partial charge is 0.411 e. The number of ether oxygens (including phenoxy) is 1. The van der Waals surface area contributed by atoms with Crippen LogP contribution in [0.1, 0.15) is 25.3 Å². The van der Waals surface area contributed by atoms with Crippen LogP contribution in [0.2, 0.25) is 0 Å². The minimum atomic E-state index is -3.21. The topological polar surface area (TPSA) is 84.5 Å². The van der Waals surface area contributed by atoms with Crippen molar-refractivity contribution in [3.8, 4) is 0 Å². The van der Waals surface area contributed by atoms with Gasteiger partial charge in [-0.1, -0.05) is 25.5 Å². The van der Waals surface area contributed by atoms with Crippen LogP contribution in [0.15, 0.2) is 24.3 Å². The number of benzene rings is 1. The quantitative estimate of drug-likeness (QED) is 0.807. The molecule has 0 aliphatic carbocycles. The van der Waals surface area contributed by atoms with E-state index < -0.39 is 16.1 Å². The number of carbonyl (C=O) groups is 1. The van der Waals surface area contributed by atoms with E-state index in [1.54, 1.807) is 24.3 Å². The van der Waals surface area contributed by atoms with Gasteiger partial charge < -0.3 is 4.74 Å². The summed E-state index contributed by atoms with van der Waals surface area (Å²) in [5, 5.41) is 2.52. The van der Waals surface area contributed by atoms with Crippen LogP contribution in [0.4, 0.5) is 10.5 Å². The van der Waals surface area contributed by atoms with Crippen LogP contribution in [-0.2, 0) is 21.3 Å².